The molecule has 0 spiro atoms. The molecule has 0 aliphatic heterocycles. The van der Waals surface area contributed by atoms with Gasteiger partial charge in [-0.3, -0.25) is 4.79 Å². The number of carbonyl (C=O) groups is 1. The summed E-state index contributed by atoms with van der Waals surface area (Å²) in [5.41, 5.74) is -0.0846. The molecule has 2 nitrogen and oxygen atoms in total. The third-order valence-electron chi connectivity index (χ3n) is 2.67. The number of halogens is 3. The van der Waals surface area contributed by atoms with E-state index in [1.54, 1.807) is 13.0 Å². The van der Waals surface area contributed by atoms with E-state index in [0.29, 0.717) is 17.9 Å². The van der Waals surface area contributed by atoms with Crippen molar-refractivity contribution in [1.29, 1.82) is 0 Å². The van der Waals surface area contributed by atoms with Crippen LogP contribution in [0.15, 0.2) is 24.3 Å². The van der Waals surface area contributed by atoms with E-state index in [9.17, 15) is 18.0 Å². The van der Waals surface area contributed by atoms with Crippen molar-refractivity contribution in [3.05, 3.63) is 35.4 Å². The second-order valence-corrected chi connectivity index (χ2v) is 5.77. The van der Waals surface area contributed by atoms with Crippen molar-refractivity contribution >= 4 is 17.7 Å². The summed E-state index contributed by atoms with van der Waals surface area (Å²) in [6.07, 6.45) is -3.47. The van der Waals surface area contributed by atoms with E-state index in [1.807, 2.05) is 6.92 Å². The van der Waals surface area contributed by atoms with E-state index in [1.165, 1.54) is 17.8 Å². The zero-order valence-electron chi connectivity index (χ0n) is 11.5. The second kappa shape index (κ2) is 7.57. The average molecular weight is 305 g/mol. The van der Waals surface area contributed by atoms with Crippen LogP contribution < -0.4 is 5.32 Å². The van der Waals surface area contributed by atoms with Gasteiger partial charge in [0, 0.05) is 12.3 Å². The molecule has 1 unspecified atom stereocenters. The summed E-state index contributed by atoms with van der Waals surface area (Å²) in [6.45, 7) is 4.33. The van der Waals surface area contributed by atoms with Gasteiger partial charge in [-0.15, -0.1) is 11.8 Å². The lowest BCUT2D eigenvalue weighted by Crippen LogP contribution is -2.31. The number of hydrogen-bond acceptors (Lipinski definition) is 2. The van der Waals surface area contributed by atoms with Gasteiger partial charge in [-0.1, -0.05) is 25.1 Å². The molecule has 1 aromatic rings. The Morgan fingerprint density at radius 1 is 1.40 bits per heavy atom. The van der Waals surface area contributed by atoms with Crippen LogP contribution in [0, 0.1) is 0 Å². The lowest BCUT2D eigenvalue weighted by Gasteiger charge is -2.12. The molecule has 1 aromatic carbocycles. The third kappa shape index (κ3) is 5.45. The summed E-state index contributed by atoms with van der Waals surface area (Å²) in [4.78, 5) is 11.6. The maximum Gasteiger partial charge on any atom is 0.416 e. The number of hydrogen-bond donors (Lipinski definition) is 1. The molecule has 1 rings (SSSR count). The van der Waals surface area contributed by atoms with Crippen molar-refractivity contribution in [3.63, 3.8) is 0 Å². The Morgan fingerprint density at radius 2 is 2.10 bits per heavy atom. The first-order chi connectivity index (χ1) is 9.34. The Balaban J connectivity index is 2.55. The summed E-state index contributed by atoms with van der Waals surface area (Å²) in [6, 6.07) is 5.20. The van der Waals surface area contributed by atoms with E-state index < -0.39 is 11.7 Å². The van der Waals surface area contributed by atoms with Crippen LogP contribution in [-0.2, 0) is 16.7 Å². The van der Waals surface area contributed by atoms with Gasteiger partial charge < -0.3 is 5.32 Å². The molecule has 0 bridgehead atoms. The largest absolute Gasteiger partial charge is 0.416 e. The second-order valence-electron chi connectivity index (χ2n) is 4.44. The average Bonchev–Trinajstić information content (AvgIpc) is 2.41. The molecular formula is C14H18F3NOS. The van der Waals surface area contributed by atoms with Gasteiger partial charge in [0.05, 0.1) is 10.8 Å². The monoisotopic (exact) mass is 305 g/mol. The highest BCUT2D eigenvalue weighted by Crippen LogP contribution is 2.30. The third-order valence-corrected chi connectivity index (χ3v) is 3.89. The Labute approximate surface area is 121 Å². The van der Waals surface area contributed by atoms with E-state index in [-0.39, 0.29) is 11.2 Å². The minimum Gasteiger partial charge on any atom is -0.355 e. The topological polar surface area (TPSA) is 29.1 Å². The molecule has 6 heteroatoms. The highest BCUT2D eigenvalue weighted by atomic mass is 32.2. The van der Waals surface area contributed by atoms with Crippen molar-refractivity contribution in [2.45, 2.75) is 37.4 Å². The number of nitrogens with one attached hydrogen (secondary N) is 1. The number of carbonyl (C=O) groups excluding carboxylic acids is 1. The van der Waals surface area contributed by atoms with Gasteiger partial charge in [-0.05, 0) is 25.0 Å². The molecule has 0 heterocycles. The highest BCUT2D eigenvalue weighted by Gasteiger charge is 2.30. The van der Waals surface area contributed by atoms with Crippen molar-refractivity contribution < 1.29 is 18.0 Å². The quantitative estimate of drug-likeness (QED) is 0.865. The van der Waals surface area contributed by atoms with Gasteiger partial charge in [-0.2, -0.15) is 13.2 Å². The molecule has 1 N–H and O–H groups in total. The normalized spacial score (nSPS) is 13.1. The maximum absolute atomic E-state index is 12.6. The first kappa shape index (κ1) is 16.9. The minimum absolute atomic E-state index is 0.0798. The molecule has 112 valence electrons. The number of amides is 1. The Hall–Kier alpha value is -1.17. The van der Waals surface area contributed by atoms with E-state index in [4.69, 9.17) is 0 Å². The zero-order chi connectivity index (χ0) is 15.2. The van der Waals surface area contributed by atoms with Gasteiger partial charge in [0.2, 0.25) is 5.91 Å². The summed E-state index contributed by atoms with van der Waals surface area (Å²) in [5, 5.41) is 2.48. The minimum atomic E-state index is -4.33. The smallest absolute Gasteiger partial charge is 0.355 e. The molecule has 20 heavy (non-hydrogen) atoms. The molecule has 1 amide bonds. The van der Waals surface area contributed by atoms with Crippen LogP contribution in [-0.4, -0.2) is 17.7 Å². The Bertz CT molecular complexity index is 448. The molecule has 0 saturated carbocycles. The van der Waals surface area contributed by atoms with Crippen molar-refractivity contribution in [2.24, 2.45) is 0 Å². The lowest BCUT2D eigenvalue weighted by atomic mass is 10.1. The van der Waals surface area contributed by atoms with Gasteiger partial charge in [0.15, 0.2) is 0 Å². The fraction of sp³-hybridized carbons (Fsp3) is 0.500. The first-order valence-corrected chi connectivity index (χ1v) is 7.45. The van der Waals surface area contributed by atoms with Crippen LogP contribution in [0.3, 0.4) is 0 Å². The van der Waals surface area contributed by atoms with E-state index >= 15 is 0 Å². The highest BCUT2D eigenvalue weighted by molar-refractivity contribution is 7.99. The van der Waals surface area contributed by atoms with E-state index in [0.717, 1.165) is 18.6 Å². The number of thioether (sulfide) groups is 1. The summed E-state index contributed by atoms with van der Waals surface area (Å²) >= 11 is 1.33. The summed E-state index contributed by atoms with van der Waals surface area (Å²) < 4.78 is 37.7. The van der Waals surface area contributed by atoms with Crippen LogP contribution in [0.5, 0.6) is 0 Å². The lowest BCUT2D eigenvalue weighted by molar-refractivity contribution is -0.137. The maximum atomic E-state index is 12.6. The summed E-state index contributed by atoms with van der Waals surface area (Å²) in [7, 11) is 0. The Morgan fingerprint density at radius 3 is 2.70 bits per heavy atom. The van der Waals surface area contributed by atoms with Crippen LogP contribution in [0.2, 0.25) is 0 Å². The van der Waals surface area contributed by atoms with Gasteiger partial charge >= 0.3 is 6.18 Å². The summed E-state index contributed by atoms with van der Waals surface area (Å²) in [5.74, 6) is 0.300. The fourth-order valence-electron chi connectivity index (χ4n) is 1.53. The van der Waals surface area contributed by atoms with Crippen LogP contribution >= 0.6 is 11.8 Å². The zero-order valence-corrected chi connectivity index (χ0v) is 12.3. The SMILES string of the molecule is CCCNC(=O)C(C)SCc1cccc(C(F)(F)F)c1. The molecule has 0 fully saturated rings. The van der Waals surface area contributed by atoms with Crippen molar-refractivity contribution in [1.82, 2.24) is 5.32 Å². The first-order valence-electron chi connectivity index (χ1n) is 6.40. The van der Waals surface area contributed by atoms with Gasteiger partial charge in [0.25, 0.3) is 0 Å². The molecule has 0 aliphatic rings. The van der Waals surface area contributed by atoms with Gasteiger partial charge in [-0.25, -0.2) is 0 Å². The molecule has 0 saturated heterocycles. The molecular weight excluding hydrogens is 287 g/mol. The standard InChI is InChI=1S/C14H18F3NOS/c1-3-7-18-13(19)10(2)20-9-11-5-4-6-12(8-11)14(15,16)17/h4-6,8,10H,3,7,9H2,1-2H3,(H,18,19). The van der Waals surface area contributed by atoms with Crippen molar-refractivity contribution in [2.75, 3.05) is 6.54 Å². The number of rotatable bonds is 6. The van der Waals surface area contributed by atoms with Crippen LogP contribution in [0.25, 0.3) is 0 Å². The number of benzene rings is 1. The predicted octanol–water partition coefficient (Wildman–Crippen LogP) is 3.85. The van der Waals surface area contributed by atoms with Gasteiger partial charge in [0.1, 0.15) is 0 Å². The number of alkyl halides is 3. The predicted molar refractivity (Wildman–Crippen MR) is 75.5 cm³/mol. The van der Waals surface area contributed by atoms with Crippen molar-refractivity contribution in [3.8, 4) is 0 Å². The van der Waals surface area contributed by atoms with E-state index in [2.05, 4.69) is 5.32 Å². The molecule has 0 aromatic heterocycles. The molecule has 0 aliphatic carbocycles. The molecule has 1 atom stereocenters. The fourth-order valence-corrected chi connectivity index (χ4v) is 2.38. The molecule has 0 radical (unpaired) electrons. The van der Waals surface area contributed by atoms with Crippen LogP contribution in [0.4, 0.5) is 13.2 Å². The van der Waals surface area contributed by atoms with Crippen LogP contribution in [0.1, 0.15) is 31.4 Å². The Kier molecular flexibility index (Phi) is 6.39.